The maximum absolute atomic E-state index is 12.5. The molecule has 0 aliphatic carbocycles. The van der Waals surface area contributed by atoms with Crippen LogP contribution in [0.1, 0.15) is 34.1 Å². The molecule has 0 radical (unpaired) electrons. The highest BCUT2D eigenvalue weighted by Crippen LogP contribution is 2.21. The van der Waals surface area contributed by atoms with Gasteiger partial charge in [-0.3, -0.25) is 9.59 Å². The molecule has 1 atom stereocenters. The van der Waals surface area contributed by atoms with Crippen molar-refractivity contribution >= 4 is 11.8 Å². The first-order valence-corrected chi connectivity index (χ1v) is 7.84. The first kappa shape index (κ1) is 16.1. The van der Waals surface area contributed by atoms with Crippen LogP contribution in [-0.4, -0.2) is 44.8 Å². The summed E-state index contributed by atoms with van der Waals surface area (Å²) in [6.07, 6.45) is 2.91. The maximum atomic E-state index is 12.5. The van der Waals surface area contributed by atoms with Crippen LogP contribution < -0.4 is 11.5 Å². The molecule has 3 rings (SSSR count). The second kappa shape index (κ2) is 6.79. The third kappa shape index (κ3) is 3.43. The number of nitrogens with zero attached hydrogens (tertiary/aromatic N) is 4. The fraction of sp³-hybridized carbons (Fsp3) is 0.375. The first-order chi connectivity index (χ1) is 11.6. The van der Waals surface area contributed by atoms with Crippen molar-refractivity contribution in [1.29, 1.82) is 0 Å². The number of likely N-dealkylation sites (tertiary alicyclic amines) is 1. The molecule has 1 fully saturated rings. The van der Waals surface area contributed by atoms with Crippen LogP contribution in [0, 0.1) is 0 Å². The second-order valence-electron chi connectivity index (χ2n) is 5.92. The van der Waals surface area contributed by atoms with Gasteiger partial charge in [0.05, 0.1) is 24.4 Å². The quantitative estimate of drug-likeness (QED) is 0.791. The van der Waals surface area contributed by atoms with E-state index in [0.717, 1.165) is 17.7 Å². The van der Waals surface area contributed by atoms with Gasteiger partial charge >= 0.3 is 0 Å². The minimum Gasteiger partial charge on any atom is -0.366 e. The lowest BCUT2D eigenvalue weighted by molar-refractivity contribution is -0.129. The zero-order valence-corrected chi connectivity index (χ0v) is 13.3. The van der Waals surface area contributed by atoms with Gasteiger partial charge in [-0.15, -0.1) is 5.10 Å². The molecule has 2 heterocycles. The highest BCUT2D eigenvalue weighted by atomic mass is 16.2. The van der Waals surface area contributed by atoms with E-state index >= 15 is 0 Å². The Labute approximate surface area is 139 Å². The van der Waals surface area contributed by atoms with Gasteiger partial charge in [-0.2, -0.15) is 0 Å². The van der Waals surface area contributed by atoms with Crippen molar-refractivity contribution in [3.63, 3.8) is 0 Å². The van der Waals surface area contributed by atoms with E-state index in [1.165, 1.54) is 0 Å². The van der Waals surface area contributed by atoms with Gasteiger partial charge in [0.15, 0.2) is 0 Å². The number of carbonyl (C=O) groups excluding carboxylic acids is 2. The van der Waals surface area contributed by atoms with Crippen molar-refractivity contribution in [2.45, 2.75) is 25.4 Å². The van der Waals surface area contributed by atoms with Gasteiger partial charge in [-0.05, 0) is 24.1 Å². The van der Waals surface area contributed by atoms with Crippen LogP contribution in [0.25, 0.3) is 0 Å². The van der Waals surface area contributed by atoms with Crippen molar-refractivity contribution in [2.24, 2.45) is 11.5 Å². The molecule has 1 saturated heterocycles. The molecule has 1 aromatic carbocycles. The van der Waals surface area contributed by atoms with Crippen LogP contribution in [0.5, 0.6) is 0 Å². The number of aromatic nitrogens is 3. The van der Waals surface area contributed by atoms with E-state index < -0.39 is 5.91 Å². The van der Waals surface area contributed by atoms with Gasteiger partial charge in [0, 0.05) is 25.2 Å². The molecule has 0 bridgehead atoms. The molecule has 8 nitrogen and oxygen atoms in total. The Hall–Kier alpha value is -2.74. The number of hydrogen-bond acceptors (Lipinski definition) is 5. The molecule has 8 heteroatoms. The fourth-order valence-corrected chi connectivity index (χ4v) is 2.89. The van der Waals surface area contributed by atoms with E-state index in [1.54, 1.807) is 22.9 Å². The van der Waals surface area contributed by atoms with Crippen LogP contribution in [-0.2, 0) is 17.8 Å². The van der Waals surface area contributed by atoms with Crippen molar-refractivity contribution in [3.8, 4) is 0 Å². The summed E-state index contributed by atoms with van der Waals surface area (Å²) in [5, 5.41) is 8.06. The van der Waals surface area contributed by atoms with Gasteiger partial charge in [0.1, 0.15) is 0 Å². The zero-order chi connectivity index (χ0) is 17.1. The van der Waals surface area contributed by atoms with E-state index in [0.29, 0.717) is 25.2 Å². The van der Waals surface area contributed by atoms with Crippen LogP contribution >= 0.6 is 0 Å². The second-order valence-corrected chi connectivity index (χ2v) is 5.92. The number of primary amides is 1. The summed E-state index contributed by atoms with van der Waals surface area (Å²) in [5.74, 6) is -0.467. The van der Waals surface area contributed by atoms with E-state index in [2.05, 4.69) is 10.3 Å². The summed E-state index contributed by atoms with van der Waals surface area (Å²) in [4.78, 5) is 25.5. The molecule has 2 aromatic rings. The zero-order valence-electron chi connectivity index (χ0n) is 13.3. The standard InChI is InChI=1S/C16H20N6O2/c17-8-13-9-22(20-19-13)14-4-5-21(10-14)15(23)7-11-2-1-3-12(6-11)16(18)24/h1-3,6,9,14H,4-5,7-8,10,17H2,(H2,18,24). The van der Waals surface area contributed by atoms with Crippen molar-refractivity contribution in [2.75, 3.05) is 13.1 Å². The fourth-order valence-electron chi connectivity index (χ4n) is 2.89. The Morgan fingerprint density at radius 3 is 2.88 bits per heavy atom. The number of amides is 2. The smallest absolute Gasteiger partial charge is 0.248 e. The lowest BCUT2D eigenvalue weighted by Crippen LogP contribution is -2.30. The Morgan fingerprint density at radius 1 is 1.33 bits per heavy atom. The molecular weight excluding hydrogens is 308 g/mol. The number of rotatable bonds is 5. The largest absolute Gasteiger partial charge is 0.366 e. The number of carbonyl (C=O) groups is 2. The lowest BCUT2D eigenvalue weighted by Gasteiger charge is -2.16. The van der Waals surface area contributed by atoms with Gasteiger partial charge in [-0.1, -0.05) is 17.3 Å². The van der Waals surface area contributed by atoms with E-state index in [9.17, 15) is 9.59 Å². The summed E-state index contributed by atoms with van der Waals surface area (Å²) in [5.41, 5.74) is 12.8. The monoisotopic (exact) mass is 328 g/mol. The summed E-state index contributed by atoms with van der Waals surface area (Å²) in [6, 6.07) is 6.99. The normalized spacial score (nSPS) is 17.2. The molecule has 1 aliphatic rings. The Balaban J connectivity index is 1.62. The summed E-state index contributed by atoms with van der Waals surface area (Å²) < 4.78 is 1.78. The molecule has 126 valence electrons. The average Bonchev–Trinajstić information content (AvgIpc) is 3.24. The number of benzene rings is 1. The van der Waals surface area contributed by atoms with Crippen LogP contribution in [0.15, 0.2) is 30.5 Å². The van der Waals surface area contributed by atoms with Gasteiger partial charge in [0.25, 0.3) is 0 Å². The van der Waals surface area contributed by atoms with Gasteiger partial charge in [-0.25, -0.2) is 4.68 Å². The van der Waals surface area contributed by atoms with Gasteiger partial charge in [0.2, 0.25) is 11.8 Å². The minimum absolute atomic E-state index is 0.0262. The third-order valence-corrected chi connectivity index (χ3v) is 4.22. The number of hydrogen-bond donors (Lipinski definition) is 2. The number of nitrogens with two attached hydrogens (primary N) is 2. The Kier molecular flexibility index (Phi) is 4.57. The van der Waals surface area contributed by atoms with Crippen molar-refractivity contribution in [1.82, 2.24) is 19.9 Å². The molecule has 1 aliphatic heterocycles. The van der Waals surface area contributed by atoms with Crippen LogP contribution in [0.3, 0.4) is 0 Å². The molecule has 24 heavy (non-hydrogen) atoms. The van der Waals surface area contributed by atoms with E-state index in [4.69, 9.17) is 11.5 Å². The van der Waals surface area contributed by atoms with E-state index in [-0.39, 0.29) is 18.4 Å². The molecular formula is C16H20N6O2. The molecule has 2 amide bonds. The SMILES string of the molecule is NCc1cn(C2CCN(C(=O)Cc3cccc(C(N)=O)c3)C2)nn1. The van der Waals surface area contributed by atoms with Crippen molar-refractivity contribution < 1.29 is 9.59 Å². The molecule has 4 N–H and O–H groups in total. The highest BCUT2D eigenvalue weighted by Gasteiger charge is 2.28. The molecule has 0 spiro atoms. The average molecular weight is 328 g/mol. The lowest BCUT2D eigenvalue weighted by atomic mass is 10.1. The summed E-state index contributed by atoms with van der Waals surface area (Å²) in [7, 11) is 0. The summed E-state index contributed by atoms with van der Waals surface area (Å²) >= 11 is 0. The Morgan fingerprint density at radius 2 is 2.17 bits per heavy atom. The minimum atomic E-state index is -0.493. The molecule has 1 aromatic heterocycles. The summed E-state index contributed by atoms with van der Waals surface area (Å²) in [6.45, 7) is 1.63. The predicted octanol–water partition coefficient (Wildman–Crippen LogP) is -0.148. The molecule has 0 saturated carbocycles. The Bertz CT molecular complexity index is 757. The van der Waals surface area contributed by atoms with Crippen LogP contribution in [0.2, 0.25) is 0 Å². The van der Waals surface area contributed by atoms with Gasteiger partial charge < -0.3 is 16.4 Å². The van der Waals surface area contributed by atoms with E-state index in [1.807, 2.05) is 17.2 Å². The molecule has 1 unspecified atom stereocenters. The highest BCUT2D eigenvalue weighted by molar-refractivity contribution is 5.93. The van der Waals surface area contributed by atoms with Crippen molar-refractivity contribution in [3.05, 3.63) is 47.3 Å². The maximum Gasteiger partial charge on any atom is 0.248 e. The predicted molar refractivity (Wildman–Crippen MR) is 86.8 cm³/mol. The first-order valence-electron chi connectivity index (χ1n) is 7.84. The topological polar surface area (TPSA) is 120 Å². The van der Waals surface area contributed by atoms with Crippen LogP contribution in [0.4, 0.5) is 0 Å². The third-order valence-electron chi connectivity index (χ3n) is 4.22.